The molecule has 2 aromatic rings. The van der Waals surface area contributed by atoms with Crippen LogP contribution in [0, 0.1) is 10.8 Å². The number of aliphatic hydroxyl groups excluding tert-OH is 1. The van der Waals surface area contributed by atoms with Gasteiger partial charge in [0.05, 0.1) is 0 Å². The Balaban J connectivity index is 1.81. The molecule has 0 fully saturated rings. The van der Waals surface area contributed by atoms with Gasteiger partial charge in [-0.3, -0.25) is 10.8 Å². The summed E-state index contributed by atoms with van der Waals surface area (Å²) in [5, 5.41) is 24.6. The van der Waals surface area contributed by atoms with Crippen LogP contribution >= 0.6 is 0 Å². The third-order valence-electron chi connectivity index (χ3n) is 3.20. The first kappa shape index (κ1) is 17.3. The number of amidine groups is 2. The molecule has 0 aromatic heterocycles. The lowest BCUT2D eigenvalue weighted by Gasteiger charge is -2.14. The number of rotatable bonds is 8. The molecule has 0 radical (unpaired) electrons. The van der Waals surface area contributed by atoms with Crippen molar-refractivity contribution in [1.82, 2.24) is 0 Å². The summed E-state index contributed by atoms with van der Waals surface area (Å²) in [7, 11) is 0. The molecule has 2 rings (SSSR count). The highest BCUT2D eigenvalue weighted by Gasteiger charge is 2.08. The summed E-state index contributed by atoms with van der Waals surface area (Å²) < 4.78 is 10.9. The Hall–Kier alpha value is -3.06. The Kier molecular flexibility index (Phi) is 5.75. The van der Waals surface area contributed by atoms with Gasteiger partial charge in [0.15, 0.2) is 0 Å². The van der Waals surface area contributed by atoms with Crippen molar-refractivity contribution >= 4 is 11.7 Å². The average molecular weight is 328 g/mol. The Morgan fingerprint density at radius 2 is 1.46 bits per heavy atom. The predicted molar refractivity (Wildman–Crippen MR) is 91.9 cm³/mol. The summed E-state index contributed by atoms with van der Waals surface area (Å²) in [6.07, 6.45) is -0.821. The molecule has 24 heavy (non-hydrogen) atoms. The van der Waals surface area contributed by atoms with Gasteiger partial charge in [-0.05, 0) is 36.4 Å². The van der Waals surface area contributed by atoms with Crippen LogP contribution in [-0.2, 0) is 0 Å². The fraction of sp³-hybridized carbons (Fsp3) is 0.176. The Morgan fingerprint density at radius 1 is 0.875 bits per heavy atom. The fourth-order valence-electron chi connectivity index (χ4n) is 1.92. The van der Waals surface area contributed by atoms with Crippen LogP contribution in [0.4, 0.5) is 0 Å². The summed E-state index contributed by atoms with van der Waals surface area (Å²) in [4.78, 5) is 0. The van der Waals surface area contributed by atoms with Crippen molar-refractivity contribution < 1.29 is 14.6 Å². The molecular formula is C17H20N4O3. The van der Waals surface area contributed by atoms with Crippen LogP contribution in [0.2, 0.25) is 0 Å². The molecule has 0 aliphatic carbocycles. The van der Waals surface area contributed by atoms with Crippen molar-refractivity contribution in [2.45, 2.75) is 6.10 Å². The summed E-state index contributed by atoms with van der Waals surface area (Å²) >= 11 is 0. The van der Waals surface area contributed by atoms with Gasteiger partial charge in [-0.25, -0.2) is 0 Å². The highest BCUT2D eigenvalue weighted by atomic mass is 16.5. The van der Waals surface area contributed by atoms with Gasteiger partial charge < -0.3 is 26.0 Å². The molecule has 0 spiro atoms. The molecule has 2 aromatic carbocycles. The molecule has 1 atom stereocenters. The van der Waals surface area contributed by atoms with E-state index in [-0.39, 0.29) is 24.9 Å². The van der Waals surface area contributed by atoms with E-state index in [0.29, 0.717) is 22.6 Å². The Bertz CT molecular complexity index is 716. The van der Waals surface area contributed by atoms with Crippen LogP contribution in [0.5, 0.6) is 11.5 Å². The quantitative estimate of drug-likeness (QED) is 0.364. The van der Waals surface area contributed by atoms with Crippen molar-refractivity contribution in [2.75, 3.05) is 13.2 Å². The third-order valence-corrected chi connectivity index (χ3v) is 3.20. The summed E-state index contributed by atoms with van der Waals surface area (Å²) in [6, 6.07) is 13.5. The zero-order valence-electron chi connectivity index (χ0n) is 13.0. The first-order valence-electron chi connectivity index (χ1n) is 7.28. The number of hydrogen-bond acceptors (Lipinski definition) is 5. The molecular weight excluding hydrogens is 308 g/mol. The third kappa shape index (κ3) is 4.99. The molecule has 0 bridgehead atoms. The van der Waals surface area contributed by atoms with E-state index in [9.17, 15) is 5.11 Å². The van der Waals surface area contributed by atoms with Crippen LogP contribution < -0.4 is 20.9 Å². The number of hydrogen-bond donors (Lipinski definition) is 5. The number of nitrogens with one attached hydrogen (secondary N) is 2. The van der Waals surface area contributed by atoms with E-state index < -0.39 is 6.10 Å². The van der Waals surface area contributed by atoms with Crippen molar-refractivity contribution in [3.05, 3.63) is 59.7 Å². The number of ether oxygens (including phenoxy) is 2. The second-order valence-electron chi connectivity index (χ2n) is 5.16. The second-order valence-corrected chi connectivity index (χ2v) is 5.16. The molecule has 0 saturated heterocycles. The van der Waals surface area contributed by atoms with Crippen LogP contribution in [0.25, 0.3) is 0 Å². The highest BCUT2D eigenvalue weighted by Crippen LogP contribution is 2.14. The lowest BCUT2D eigenvalue weighted by molar-refractivity contribution is 0.0626. The van der Waals surface area contributed by atoms with E-state index in [0.717, 1.165) is 0 Å². The zero-order valence-corrected chi connectivity index (χ0v) is 13.0. The molecule has 126 valence electrons. The van der Waals surface area contributed by atoms with Gasteiger partial charge in [-0.15, -0.1) is 0 Å². The lowest BCUT2D eigenvalue weighted by Crippen LogP contribution is -2.25. The first-order valence-corrected chi connectivity index (χ1v) is 7.28. The number of benzene rings is 2. The minimum atomic E-state index is -0.821. The van der Waals surface area contributed by atoms with E-state index in [1.54, 1.807) is 48.5 Å². The summed E-state index contributed by atoms with van der Waals surface area (Å²) in [6.45, 7) is 0.110. The van der Waals surface area contributed by atoms with Crippen molar-refractivity contribution in [2.24, 2.45) is 11.5 Å². The zero-order chi connectivity index (χ0) is 17.5. The number of nitrogen functional groups attached to an aromatic ring is 2. The van der Waals surface area contributed by atoms with Gasteiger partial charge in [0.1, 0.15) is 42.5 Å². The number of aliphatic hydroxyl groups is 1. The molecule has 0 aliphatic rings. The van der Waals surface area contributed by atoms with Gasteiger partial charge in [0.2, 0.25) is 0 Å². The van der Waals surface area contributed by atoms with E-state index in [1.165, 1.54) is 0 Å². The SMILES string of the molecule is N=C(N)c1ccc(OCC(O)COc2cccc(C(=N)N)c2)cc1. The maximum Gasteiger partial charge on any atom is 0.122 e. The van der Waals surface area contributed by atoms with Crippen molar-refractivity contribution in [1.29, 1.82) is 10.8 Å². The molecule has 0 amide bonds. The highest BCUT2D eigenvalue weighted by molar-refractivity contribution is 5.95. The van der Waals surface area contributed by atoms with Crippen LogP contribution in [0.1, 0.15) is 11.1 Å². The smallest absolute Gasteiger partial charge is 0.122 e. The molecule has 0 saturated carbocycles. The van der Waals surface area contributed by atoms with E-state index in [2.05, 4.69) is 0 Å². The standard InChI is InChI=1S/C17H20N4O3/c18-16(19)11-4-6-14(7-5-11)23-9-13(22)10-24-15-3-1-2-12(8-15)17(20)21/h1-8,13,22H,9-10H2,(H3,18,19)(H3,20,21). The van der Waals surface area contributed by atoms with E-state index in [1.807, 2.05) is 0 Å². The molecule has 1 unspecified atom stereocenters. The molecule has 7 heteroatoms. The summed E-state index contributed by atoms with van der Waals surface area (Å²) in [5.74, 6) is 1.03. The van der Waals surface area contributed by atoms with Gasteiger partial charge in [0.25, 0.3) is 0 Å². The Labute approximate surface area is 139 Å². The molecule has 0 aliphatic heterocycles. The second kappa shape index (κ2) is 7.98. The van der Waals surface area contributed by atoms with Crippen LogP contribution in [0.15, 0.2) is 48.5 Å². The fourth-order valence-corrected chi connectivity index (χ4v) is 1.92. The van der Waals surface area contributed by atoms with Crippen molar-refractivity contribution in [3.8, 4) is 11.5 Å². The largest absolute Gasteiger partial charge is 0.491 e. The van der Waals surface area contributed by atoms with Crippen molar-refractivity contribution in [3.63, 3.8) is 0 Å². The number of nitrogens with two attached hydrogens (primary N) is 2. The normalized spacial score (nSPS) is 11.5. The maximum atomic E-state index is 9.92. The van der Waals surface area contributed by atoms with Gasteiger partial charge in [-0.1, -0.05) is 12.1 Å². The molecule has 7 nitrogen and oxygen atoms in total. The molecule has 7 N–H and O–H groups in total. The van der Waals surface area contributed by atoms with E-state index in [4.69, 9.17) is 31.8 Å². The Morgan fingerprint density at radius 3 is 2.04 bits per heavy atom. The van der Waals surface area contributed by atoms with Gasteiger partial charge in [0, 0.05) is 11.1 Å². The van der Waals surface area contributed by atoms with Gasteiger partial charge in [-0.2, -0.15) is 0 Å². The van der Waals surface area contributed by atoms with Crippen LogP contribution in [-0.4, -0.2) is 36.1 Å². The van der Waals surface area contributed by atoms with E-state index >= 15 is 0 Å². The maximum absolute atomic E-state index is 9.92. The average Bonchev–Trinajstić information content (AvgIpc) is 2.58. The van der Waals surface area contributed by atoms with Crippen LogP contribution in [0.3, 0.4) is 0 Å². The van der Waals surface area contributed by atoms with Gasteiger partial charge >= 0.3 is 0 Å². The molecule has 0 heterocycles. The minimum Gasteiger partial charge on any atom is -0.491 e. The topological polar surface area (TPSA) is 138 Å². The lowest BCUT2D eigenvalue weighted by atomic mass is 10.2. The monoisotopic (exact) mass is 328 g/mol. The minimum absolute atomic E-state index is 0.0113. The summed E-state index contributed by atoms with van der Waals surface area (Å²) in [5.41, 5.74) is 12.0. The first-order chi connectivity index (χ1) is 11.5. The predicted octanol–water partition coefficient (Wildman–Crippen LogP) is 1.07.